The van der Waals surface area contributed by atoms with Crippen LogP contribution in [0.15, 0.2) is 23.1 Å². The lowest BCUT2D eigenvalue weighted by atomic mass is 10.2. The van der Waals surface area contributed by atoms with Gasteiger partial charge in [-0.3, -0.25) is 4.79 Å². The second-order valence-corrected chi connectivity index (χ2v) is 3.03. The highest BCUT2D eigenvalue weighted by atomic mass is 16.4. The van der Waals surface area contributed by atoms with Crippen LogP contribution in [0, 0.1) is 0 Å². The molecule has 0 fully saturated rings. The van der Waals surface area contributed by atoms with Gasteiger partial charge in [0.1, 0.15) is 5.56 Å². The second kappa shape index (κ2) is 4.06. The number of aliphatic hydroxyl groups is 1. The number of rotatable bonds is 3. The van der Waals surface area contributed by atoms with E-state index < -0.39 is 17.6 Å². The van der Waals surface area contributed by atoms with Gasteiger partial charge in [0.2, 0.25) is 0 Å². The van der Waals surface area contributed by atoms with Gasteiger partial charge in [-0.2, -0.15) is 0 Å². The normalized spacial score (nSPS) is 12.4. The number of carboxylic acid groups (broad SMARTS) is 1. The number of carbonyl (C=O) groups is 1. The van der Waals surface area contributed by atoms with E-state index in [0.29, 0.717) is 0 Å². The first-order valence-corrected chi connectivity index (χ1v) is 4.13. The summed E-state index contributed by atoms with van der Waals surface area (Å²) in [5.41, 5.74) is -0.881. The molecule has 0 saturated heterocycles. The van der Waals surface area contributed by atoms with Gasteiger partial charge in [-0.05, 0) is 19.1 Å². The SMILES string of the molecule is CC(O)Cn1cccc(C(=O)O)c1=O. The number of hydrogen-bond acceptors (Lipinski definition) is 3. The second-order valence-electron chi connectivity index (χ2n) is 3.03. The topological polar surface area (TPSA) is 79.5 Å². The van der Waals surface area contributed by atoms with Gasteiger partial charge < -0.3 is 14.8 Å². The average Bonchev–Trinajstić information content (AvgIpc) is 2.07. The summed E-state index contributed by atoms with van der Waals surface area (Å²) in [5.74, 6) is -1.25. The maximum absolute atomic E-state index is 11.4. The molecule has 5 nitrogen and oxygen atoms in total. The number of pyridine rings is 1. The van der Waals surface area contributed by atoms with Crippen molar-refractivity contribution >= 4 is 5.97 Å². The molecule has 0 aromatic carbocycles. The summed E-state index contributed by atoms with van der Waals surface area (Å²) < 4.78 is 1.17. The molecule has 1 unspecified atom stereocenters. The summed E-state index contributed by atoms with van der Waals surface area (Å²) in [6, 6.07) is 2.70. The van der Waals surface area contributed by atoms with Crippen LogP contribution >= 0.6 is 0 Å². The molecule has 5 heteroatoms. The highest BCUT2D eigenvalue weighted by Crippen LogP contribution is 1.93. The van der Waals surface area contributed by atoms with E-state index >= 15 is 0 Å². The van der Waals surface area contributed by atoms with Crippen molar-refractivity contribution in [3.63, 3.8) is 0 Å². The largest absolute Gasteiger partial charge is 0.477 e. The molecular weight excluding hydrogens is 186 g/mol. The monoisotopic (exact) mass is 197 g/mol. The Balaban J connectivity index is 3.15. The fourth-order valence-electron chi connectivity index (χ4n) is 1.13. The molecule has 1 aromatic rings. The first-order valence-electron chi connectivity index (χ1n) is 4.13. The van der Waals surface area contributed by atoms with Crippen molar-refractivity contribution < 1.29 is 15.0 Å². The molecule has 1 atom stereocenters. The van der Waals surface area contributed by atoms with Gasteiger partial charge >= 0.3 is 5.97 Å². The Morgan fingerprint density at radius 2 is 2.29 bits per heavy atom. The molecule has 2 N–H and O–H groups in total. The highest BCUT2D eigenvalue weighted by Gasteiger charge is 2.10. The van der Waals surface area contributed by atoms with Crippen molar-refractivity contribution in [2.45, 2.75) is 19.6 Å². The van der Waals surface area contributed by atoms with Crippen molar-refractivity contribution in [3.8, 4) is 0 Å². The summed E-state index contributed by atoms with van der Waals surface area (Å²) in [6.45, 7) is 1.62. The zero-order chi connectivity index (χ0) is 10.7. The molecule has 0 amide bonds. The van der Waals surface area contributed by atoms with Gasteiger partial charge in [-0.1, -0.05) is 0 Å². The number of nitrogens with zero attached hydrogens (tertiary/aromatic N) is 1. The summed E-state index contributed by atoms with van der Waals surface area (Å²) in [5, 5.41) is 17.7. The number of carboxylic acids is 1. The zero-order valence-corrected chi connectivity index (χ0v) is 7.67. The van der Waals surface area contributed by atoms with Crippen LogP contribution in [0.4, 0.5) is 0 Å². The molecular formula is C9H11NO4. The van der Waals surface area contributed by atoms with Gasteiger partial charge in [-0.15, -0.1) is 0 Å². The smallest absolute Gasteiger partial charge is 0.341 e. The minimum Gasteiger partial charge on any atom is -0.477 e. The van der Waals surface area contributed by atoms with E-state index in [1.807, 2.05) is 0 Å². The molecule has 0 aliphatic heterocycles. The summed E-state index contributed by atoms with van der Waals surface area (Å²) >= 11 is 0. The van der Waals surface area contributed by atoms with Crippen LogP contribution in [0.5, 0.6) is 0 Å². The fourth-order valence-corrected chi connectivity index (χ4v) is 1.13. The lowest BCUT2D eigenvalue weighted by Gasteiger charge is -2.07. The maximum Gasteiger partial charge on any atom is 0.341 e. The molecule has 0 aliphatic carbocycles. The van der Waals surface area contributed by atoms with Crippen LogP contribution < -0.4 is 5.56 Å². The molecule has 1 rings (SSSR count). The van der Waals surface area contributed by atoms with Gasteiger partial charge in [-0.25, -0.2) is 4.79 Å². The maximum atomic E-state index is 11.4. The third-order valence-corrected chi connectivity index (χ3v) is 1.71. The highest BCUT2D eigenvalue weighted by molar-refractivity contribution is 5.86. The van der Waals surface area contributed by atoms with Crippen LogP contribution in [-0.2, 0) is 6.54 Å². The predicted molar refractivity (Wildman–Crippen MR) is 49.3 cm³/mol. The van der Waals surface area contributed by atoms with E-state index in [1.165, 1.54) is 29.8 Å². The molecule has 0 radical (unpaired) electrons. The van der Waals surface area contributed by atoms with E-state index in [9.17, 15) is 9.59 Å². The Bertz CT molecular complexity index is 394. The molecule has 76 valence electrons. The Hall–Kier alpha value is -1.62. The van der Waals surface area contributed by atoms with Crippen LogP contribution in [0.1, 0.15) is 17.3 Å². The molecule has 1 heterocycles. The van der Waals surface area contributed by atoms with Gasteiger partial charge in [0.05, 0.1) is 12.6 Å². The van der Waals surface area contributed by atoms with Crippen molar-refractivity contribution in [1.29, 1.82) is 0 Å². The molecule has 0 bridgehead atoms. The first-order chi connectivity index (χ1) is 6.52. The predicted octanol–water partition coefficient (Wildman–Crippen LogP) is -0.0727. The lowest BCUT2D eigenvalue weighted by Crippen LogP contribution is -2.28. The average molecular weight is 197 g/mol. The molecule has 0 aliphatic rings. The summed E-state index contributed by atoms with van der Waals surface area (Å²) in [6.07, 6.45) is 0.762. The Kier molecular flexibility index (Phi) is 3.03. The van der Waals surface area contributed by atoms with Crippen molar-refractivity contribution in [2.75, 3.05) is 0 Å². The third kappa shape index (κ3) is 2.20. The van der Waals surface area contributed by atoms with Crippen molar-refractivity contribution in [3.05, 3.63) is 34.2 Å². The standard InChI is InChI=1S/C9H11NO4/c1-6(11)5-10-4-2-3-7(8(10)12)9(13)14/h2-4,6,11H,5H2,1H3,(H,13,14). The quantitative estimate of drug-likeness (QED) is 0.710. The van der Waals surface area contributed by atoms with Crippen molar-refractivity contribution in [1.82, 2.24) is 4.57 Å². The summed E-state index contributed by atoms with van der Waals surface area (Å²) in [4.78, 5) is 22.0. The molecule has 1 aromatic heterocycles. The summed E-state index contributed by atoms with van der Waals surface area (Å²) in [7, 11) is 0. The van der Waals surface area contributed by atoms with E-state index in [4.69, 9.17) is 10.2 Å². The van der Waals surface area contributed by atoms with Crippen LogP contribution in [0.2, 0.25) is 0 Å². The molecule has 14 heavy (non-hydrogen) atoms. The minimum absolute atomic E-state index is 0.0972. The lowest BCUT2D eigenvalue weighted by molar-refractivity contribution is 0.0693. The first kappa shape index (κ1) is 10.5. The fraction of sp³-hybridized carbons (Fsp3) is 0.333. The van der Waals surface area contributed by atoms with E-state index in [0.717, 1.165) is 0 Å². The number of aliphatic hydroxyl groups excluding tert-OH is 1. The van der Waals surface area contributed by atoms with Crippen LogP contribution in [-0.4, -0.2) is 26.9 Å². The third-order valence-electron chi connectivity index (χ3n) is 1.71. The van der Waals surface area contributed by atoms with Crippen molar-refractivity contribution in [2.24, 2.45) is 0 Å². The molecule has 0 saturated carbocycles. The Morgan fingerprint density at radius 3 is 2.79 bits per heavy atom. The number of aromatic nitrogens is 1. The molecule has 0 spiro atoms. The van der Waals surface area contributed by atoms with Crippen LogP contribution in [0.25, 0.3) is 0 Å². The van der Waals surface area contributed by atoms with Gasteiger partial charge in [0, 0.05) is 6.20 Å². The zero-order valence-electron chi connectivity index (χ0n) is 7.67. The minimum atomic E-state index is -1.25. The van der Waals surface area contributed by atoms with E-state index in [1.54, 1.807) is 0 Å². The Labute approximate surface area is 80.2 Å². The van der Waals surface area contributed by atoms with E-state index in [2.05, 4.69) is 0 Å². The van der Waals surface area contributed by atoms with Gasteiger partial charge in [0.25, 0.3) is 5.56 Å². The number of aromatic carboxylic acids is 1. The number of hydrogen-bond donors (Lipinski definition) is 2. The Morgan fingerprint density at radius 1 is 1.64 bits per heavy atom. The van der Waals surface area contributed by atoms with Crippen LogP contribution in [0.3, 0.4) is 0 Å². The van der Waals surface area contributed by atoms with Gasteiger partial charge in [0.15, 0.2) is 0 Å². The van der Waals surface area contributed by atoms with E-state index in [-0.39, 0.29) is 12.1 Å².